The van der Waals surface area contributed by atoms with Gasteiger partial charge in [0.25, 0.3) is 0 Å². The van der Waals surface area contributed by atoms with Crippen molar-refractivity contribution in [2.45, 2.75) is 0 Å². The second kappa shape index (κ2) is 5.51. The van der Waals surface area contributed by atoms with E-state index in [1.165, 1.54) is 7.05 Å². The van der Waals surface area contributed by atoms with Gasteiger partial charge >= 0.3 is 0 Å². The minimum Gasteiger partial charge on any atom is -0.371 e. The average Bonchev–Trinajstić information content (AvgIpc) is 2.43. The molecule has 0 aliphatic rings. The van der Waals surface area contributed by atoms with Gasteiger partial charge in [0, 0.05) is 19.2 Å². The number of aromatic nitrogens is 1. The molecule has 1 aromatic carbocycles. The molecule has 9 heteroatoms. The third-order valence-corrected chi connectivity index (χ3v) is 2.52. The molecule has 0 aliphatic carbocycles. The molecule has 0 radical (unpaired) electrons. The predicted octanol–water partition coefficient (Wildman–Crippen LogP) is 3.70. The summed E-state index contributed by atoms with van der Waals surface area (Å²) in [6.07, 6.45) is 0. The van der Waals surface area contributed by atoms with Crippen LogP contribution < -0.4 is 10.6 Å². The van der Waals surface area contributed by atoms with Crippen molar-refractivity contribution in [3.05, 3.63) is 47.0 Å². The summed E-state index contributed by atoms with van der Waals surface area (Å²) in [5, 5.41) is 4.04. The molecule has 2 N–H and O–H groups in total. The quantitative estimate of drug-likeness (QED) is 0.670. The first-order chi connectivity index (χ1) is 9.85. The third kappa shape index (κ3) is 2.71. The fourth-order valence-corrected chi connectivity index (χ4v) is 1.53. The second-order valence-electron chi connectivity index (χ2n) is 3.87. The van der Waals surface area contributed by atoms with E-state index in [1.807, 2.05) is 0 Å². The van der Waals surface area contributed by atoms with Crippen molar-refractivity contribution in [1.29, 1.82) is 0 Å². The zero-order chi connectivity index (χ0) is 15.7. The lowest BCUT2D eigenvalue weighted by molar-refractivity contribution is 0.459. The van der Waals surface area contributed by atoms with Gasteiger partial charge in [-0.05, 0) is 0 Å². The lowest BCUT2D eigenvalue weighted by atomic mass is 10.2. The summed E-state index contributed by atoms with van der Waals surface area (Å²) >= 11 is 0. The van der Waals surface area contributed by atoms with Gasteiger partial charge in [-0.25, -0.2) is 31.3 Å². The maximum Gasteiger partial charge on any atom is 0.185 e. The van der Waals surface area contributed by atoms with E-state index in [9.17, 15) is 26.3 Å². The van der Waals surface area contributed by atoms with Crippen LogP contribution in [0.1, 0.15) is 0 Å². The van der Waals surface area contributed by atoms with E-state index in [0.29, 0.717) is 6.07 Å². The van der Waals surface area contributed by atoms with Crippen LogP contribution in [0.3, 0.4) is 0 Å². The van der Waals surface area contributed by atoms with Crippen molar-refractivity contribution in [3.8, 4) is 0 Å². The Kier molecular flexibility index (Phi) is 3.92. The number of anilines is 3. The van der Waals surface area contributed by atoms with E-state index < -0.39 is 52.2 Å². The van der Waals surface area contributed by atoms with Crippen LogP contribution in [0.2, 0.25) is 0 Å². The van der Waals surface area contributed by atoms with E-state index in [4.69, 9.17) is 0 Å². The molecule has 112 valence electrons. The molecule has 2 aromatic rings. The minimum atomic E-state index is -1.76. The monoisotopic (exact) mass is 307 g/mol. The smallest absolute Gasteiger partial charge is 0.185 e. The standard InChI is InChI=1S/C12H7F6N3/c1-19-11-6(15)3-7(16)12(21-11)20-10-8(17)4(13)2-5(14)9(10)18/h2-3H,1H3,(H2,19,20,21). The van der Waals surface area contributed by atoms with Gasteiger partial charge in [0.05, 0.1) is 0 Å². The zero-order valence-corrected chi connectivity index (χ0v) is 10.4. The van der Waals surface area contributed by atoms with E-state index in [1.54, 1.807) is 5.32 Å². The fraction of sp³-hybridized carbons (Fsp3) is 0.0833. The number of pyridine rings is 1. The summed E-state index contributed by atoms with van der Waals surface area (Å²) in [4.78, 5) is 3.38. The van der Waals surface area contributed by atoms with E-state index in [-0.39, 0.29) is 6.07 Å². The third-order valence-electron chi connectivity index (χ3n) is 2.52. The van der Waals surface area contributed by atoms with E-state index >= 15 is 0 Å². The Labute approximate surface area is 114 Å². The lowest BCUT2D eigenvalue weighted by Crippen LogP contribution is -2.07. The topological polar surface area (TPSA) is 37.0 Å². The first-order valence-corrected chi connectivity index (χ1v) is 5.49. The summed E-state index contributed by atoms with van der Waals surface area (Å²) in [6, 6.07) is 0.399. The van der Waals surface area contributed by atoms with Gasteiger partial charge in [0.2, 0.25) is 0 Å². The van der Waals surface area contributed by atoms with Gasteiger partial charge in [0.1, 0.15) is 5.69 Å². The normalized spacial score (nSPS) is 10.6. The second-order valence-corrected chi connectivity index (χ2v) is 3.87. The number of hydrogen-bond donors (Lipinski definition) is 2. The van der Waals surface area contributed by atoms with E-state index in [0.717, 1.165) is 0 Å². The van der Waals surface area contributed by atoms with Gasteiger partial charge in [-0.1, -0.05) is 0 Å². The molecule has 0 saturated heterocycles. The van der Waals surface area contributed by atoms with Crippen LogP contribution in [-0.2, 0) is 0 Å². The molecule has 0 bridgehead atoms. The van der Waals surface area contributed by atoms with E-state index in [2.05, 4.69) is 10.3 Å². The summed E-state index contributed by atoms with van der Waals surface area (Å²) in [7, 11) is 1.27. The van der Waals surface area contributed by atoms with Crippen molar-refractivity contribution in [1.82, 2.24) is 4.98 Å². The summed E-state index contributed by atoms with van der Waals surface area (Å²) in [6.45, 7) is 0. The van der Waals surface area contributed by atoms with Crippen LogP contribution in [0, 0.1) is 34.9 Å². The fourth-order valence-electron chi connectivity index (χ4n) is 1.53. The Morgan fingerprint density at radius 2 is 1.24 bits per heavy atom. The van der Waals surface area contributed by atoms with Crippen LogP contribution in [-0.4, -0.2) is 12.0 Å². The van der Waals surface area contributed by atoms with Crippen molar-refractivity contribution < 1.29 is 26.3 Å². The molecule has 0 unspecified atom stereocenters. The highest BCUT2D eigenvalue weighted by Gasteiger charge is 2.21. The molecule has 1 aromatic heterocycles. The Balaban J connectivity index is 2.53. The SMILES string of the molecule is CNc1nc(Nc2c(F)c(F)cc(F)c2F)c(F)cc1F. The molecule has 21 heavy (non-hydrogen) atoms. The zero-order valence-electron chi connectivity index (χ0n) is 10.4. The number of nitrogens with one attached hydrogen (secondary N) is 2. The van der Waals surface area contributed by atoms with Gasteiger partial charge in [-0.3, -0.25) is 0 Å². The maximum atomic E-state index is 13.5. The van der Waals surface area contributed by atoms with Gasteiger partial charge in [0.15, 0.2) is 46.5 Å². The first-order valence-electron chi connectivity index (χ1n) is 5.49. The van der Waals surface area contributed by atoms with Crippen LogP contribution in [0.4, 0.5) is 43.7 Å². The van der Waals surface area contributed by atoms with Crippen LogP contribution in [0.5, 0.6) is 0 Å². The Bertz CT molecular complexity index is 678. The first kappa shape index (κ1) is 14.9. The van der Waals surface area contributed by atoms with Gasteiger partial charge in [-0.2, -0.15) is 0 Å². The Hall–Kier alpha value is -2.45. The molecular weight excluding hydrogens is 300 g/mol. The predicted molar refractivity (Wildman–Crippen MR) is 63.3 cm³/mol. The molecule has 0 spiro atoms. The van der Waals surface area contributed by atoms with Gasteiger partial charge in [-0.15, -0.1) is 0 Å². The molecule has 2 rings (SSSR count). The summed E-state index contributed by atoms with van der Waals surface area (Å²) in [5.41, 5.74) is -1.27. The minimum absolute atomic E-state index is 0.00330. The van der Waals surface area contributed by atoms with Crippen LogP contribution in [0.25, 0.3) is 0 Å². The number of hydrogen-bond acceptors (Lipinski definition) is 3. The largest absolute Gasteiger partial charge is 0.371 e. The number of rotatable bonds is 3. The molecule has 1 heterocycles. The number of halogens is 6. The summed E-state index contributed by atoms with van der Waals surface area (Å²) in [5.74, 6) is -10.4. The Morgan fingerprint density at radius 3 is 1.76 bits per heavy atom. The van der Waals surface area contributed by atoms with Crippen molar-refractivity contribution in [3.63, 3.8) is 0 Å². The van der Waals surface area contributed by atoms with Crippen molar-refractivity contribution in [2.75, 3.05) is 17.7 Å². The Morgan fingerprint density at radius 1 is 0.762 bits per heavy atom. The molecule has 0 amide bonds. The molecule has 0 atom stereocenters. The molecule has 3 nitrogen and oxygen atoms in total. The highest BCUT2D eigenvalue weighted by Crippen LogP contribution is 2.28. The van der Waals surface area contributed by atoms with Crippen molar-refractivity contribution >= 4 is 17.3 Å². The highest BCUT2D eigenvalue weighted by atomic mass is 19.2. The lowest BCUT2D eigenvalue weighted by Gasteiger charge is -2.11. The molecular formula is C12H7F6N3. The van der Waals surface area contributed by atoms with Crippen molar-refractivity contribution in [2.24, 2.45) is 0 Å². The number of nitrogens with zero attached hydrogens (tertiary/aromatic N) is 1. The molecule has 0 aliphatic heterocycles. The summed E-state index contributed by atoms with van der Waals surface area (Å²) < 4.78 is 79.6. The average molecular weight is 307 g/mol. The number of benzene rings is 1. The van der Waals surface area contributed by atoms with Crippen LogP contribution >= 0.6 is 0 Å². The van der Waals surface area contributed by atoms with Gasteiger partial charge < -0.3 is 10.6 Å². The highest BCUT2D eigenvalue weighted by molar-refractivity contribution is 5.60. The van der Waals surface area contributed by atoms with Crippen LogP contribution in [0.15, 0.2) is 12.1 Å². The maximum absolute atomic E-state index is 13.5. The molecule has 0 saturated carbocycles. The molecule has 0 fully saturated rings.